The molecule has 1 aliphatic carbocycles. The van der Waals surface area contributed by atoms with Crippen molar-refractivity contribution < 1.29 is 9.18 Å². The summed E-state index contributed by atoms with van der Waals surface area (Å²) in [4.78, 5) is 10.6. The molecular formula is C14H19FN2O. The number of hydrogen-bond acceptors (Lipinski definition) is 2. The van der Waals surface area contributed by atoms with Crippen LogP contribution in [0, 0.1) is 5.82 Å². The maximum Gasteiger partial charge on any atom is 0.217 e. The molecule has 0 aromatic heterocycles. The van der Waals surface area contributed by atoms with Gasteiger partial charge in [-0.2, -0.15) is 0 Å². The molecule has 18 heavy (non-hydrogen) atoms. The molecule has 3 nitrogen and oxygen atoms in total. The summed E-state index contributed by atoms with van der Waals surface area (Å²) in [7, 11) is 0. The van der Waals surface area contributed by atoms with Crippen LogP contribution in [-0.4, -0.2) is 12.5 Å². The molecule has 0 radical (unpaired) electrons. The number of unbranched alkanes of at least 4 members (excludes halogenated alkanes) is 1. The van der Waals surface area contributed by atoms with Crippen molar-refractivity contribution in [3.8, 4) is 0 Å². The van der Waals surface area contributed by atoms with Gasteiger partial charge in [-0.3, -0.25) is 4.79 Å². The Balaban J connectivity index is 1.78. The Hall–Kier alpha value is -1.42. The molecule has 1 unspecified atom stereocenters. The topological polar surface area (TPSA) is 55.1 Å². The summed E-state index contributed by atoms with van der Waals surface area (Å²) < 4.78 is 13.1. The monoisotopic (exact) mass is 250 g/mol. The van der Waals surface area contributed by atoms with Gasteiger partial charge in [0.25, 0.3) is 0 Å². The first-order valence-corrected chi connectivity index (χ1v) is 6.47. The Kier molecular flexibility index (Phi) is 4.31. The third-order valence-electron chi connectivity index (χ3n) is 3.42. The van der Waals surface area contributed by atoms with Gasteiger partial charge in [0.2, 0.25) is 5.91 Å². The van der Waals surface area contributed by atoms with Crippen LogP contribution in [0.15, 0.2) is 18.2 Å². The minimum atomic E-state index is -0.239. The van der Waals surface area contributed by atoms with Gasteiger partial charge in [-0.15, -0.1) is 0 Å². The van der Waals surface area contributed by atoms with E-state index in [0.29, 0.717) is 12.5 Å². The number of amides is 1. The van der Waals surface area contributed by atoms with Crippen LogP contribution in [0.2, 0.25) is 0 Å². The standard InChI is InChI=1S/C14H19FN2O/c15-11-5-6-12-10(9-11)4-7-13(12)17-8-2-1-3-14(16)18/h5-6,9,13,17H,1-4,7-8H2,(H2,16,18). The van der Waals surface area contributed by atoms with E-state index in [4.69, 9.17) is 5.73 Å². The lowest BCUT2D eigenvalue weighted by atomic mass is 10.1. The first-order valence-electron chi connectivity index (χ1n) is 6.47. The molecule has 0 fully saturated rings. The molecule has 98 valence electrons. The van der Waals surface area contributed by atoms with Crippen molar-refractivity contribution in [1.29, 1.82) is 0 Å². The third-order valence-corrected chi connectivity index (χ3v) is 3.42. The average Bonchev–Trinajstić information content (AvgIpc) is 2.70. The highest BCUT2D eigenvalue weighted by molar-refractivity contribution is 5.73. The average molecular weight is 250 g/mol. The van der Waals surface area contributed by atoms with Crippen LogP contribution in [0.5, 0.6) is 0 Å². The van der Waals surface area contributed by atoms with Gasteiger partial charge in [-0.1, -0.05) is 6.07 Å². The number of hydrogen-bond donors (Lipinski definition) is 2. The fourth-order valence-corrected chi connectivity index (χ4v) is 2.50. The Morgan fingerprint density at radius 1 is 1.44 bits per heavy atom. The molecule has 0 saturated heterocycles. The fourth-order valence-electron chi connectivity index (χ4n) is 2.50. The predicted octanol–water partition coefficient (Wildman–Crippen LogP) is 2.06. The van der Waals surface area contributed by atoms with E-state index in [9.17, 15) is 9.18 Å². The van der Waals surface area contributed by atoms with E-state index in [0.717, 1.165) is 37.8 Å². The van der Waals surface area contributed by atoms with E-state index in [1.165, 1.54) is 11.6 Å². The minimum absolute atomic E-state index is 0.157. The molecule has 1 atom stereocenters. The van der Waals surface area contributed by atoms with Crippen LogP contribution in [0.4, 0.5) is 4.39 Å². The summed E-state index contributed by atoms with van der Waals surface area (Å²) in [6, 6.07) is 5.35. The molecule has 0 spiro atoms. The van der Waals surface area contributed by atoms with Crippen LogP contribution >= 0.6 is 0 Å². The summed E-state index contributed by atoms with van der Waals surface area (Å²) in [6.07, 6.45) is 4.18. The quantitative estimate of drug-likeness (QED) is 0.759. The Bertz CT molecular complexity index is 434. The Morgan fingerprint density at radius 2 is 2.28 bits per heavy atom. The number of fused-ring (bicyclic) bond motifs is 1. The lowest BCUT2D eigenvalue weighted by Crippen LogP contribution is -2.21. The molecule has 1 aliphatic rings. The number of carbonyl (C=O) groups excluding carboxylic acids is 1. The number of primary amides is 1. The van der Waals surface area contributed by atoms with Crippen LogP contribution < -0.4 is 11.1 Å². The molecule has 0 heterocycles. The van der Waals surface area contributed by atoms with Gasteiger partial charge in [0.05, 0.1) is 0 Å². The van der Waals surface area contributed by atoms with E-state index < -0.39 is 0 Å². The summed E-state index contributed by atoms with van der Waals surface area (Å²) in [5, 5.41) is 3.46. The van der Waals surface area contributed by atoms with Crippen molar-refractivity contribution in [1.82, 2.24) is 5.32 Å². The zero-order valence-electron chi connectivity index (χ0n) is 10.4. The molecule has 0 saturated carbocycles. The van der Waals surface area contributed by atoms with E-state index >= 15 is 0 Å². The Morgan fingerprint density at radius 3 is 3.06 bits per heavy atom. The van der Waals surface area contributed by atoms with Crippen molar-refractivity contribution in [2.45, 2.75) is 38.1 Å². The second-order valence-corrected chi connectivity index (χ2v) is 4.81. The molecular weight excluding hydrogens is 231 g/mol. The summed E-state index contributed by atoms with van der Waals surface area (Å²) in [5.41, 5.74) is 7.41. The smallest absolute Gasteiger partial charge is 0.217 e. The highest BCUT2D eigenvalue weighted by Crippen LogP contribution is 2.31. The van der Waals surface area contributed by atoms with Gasteiger partial charge in [-0.25, -0.2) is 4.39 Å². The highest BCUT2D eigenvalue weighted by Gasteiger charge is 2.21. The number of aryl methyl sites for hydroxylation is 1. The number of nitrogens with one attached hydrogen (secondary N) is 1. The summed E-state index contributed by atoms with van der Waals surface area (Å²) in [5.74, 6) is -0.396. The van der Waals surface area contributed by atoms with Gasteiger partial charge in [0, 0.05) is 12.5 Å². The van der Waals surface area contributed by atoms with Gasteiger partial charge >= 0.3 is 0 Å². The molecule has 1 aromatic carbocycles. The summed E-state index contributed by atoms with van der Waals surface area (Å²) >= 11 is 0. The number of halogens is 1. The minimum Gasteiger partial charge on any atom is -0.370 e. The molecule has 4 heteroatoms. The van der Waals surface area contributed by atoms with E-state index in [1.54, 1.807) is 6.07 Å². The lowest BCUT2D eigenvalue weighted by molar-refractivity contribution is -0.118. The Labute approximate surface area is 107 Å². The van der Waals surface area contributed by atoms with Crippen molar-refractivity contribution in [3.05, 3.63) is 35.1 Å². The second-order valence-electron chi connectivity index (χ2n) is 4.81. The molecule has 3 N–H and O–H groups in total. The van der Waals surface area contributed by atoms with Gasteiger partial charge in [0.15, 0.2) is 0 Å². The SMILES string of the molecule is NC(=O)CCCCNC1CCc2cc(F)ccc21. The number of benzene rings is 1. The van der Waals surface area contributed by atoms with Crippen molar-refractivity contribution in [3.63, 3.8) is 0 Å². The summed E-state index contributed by atoms with van der Waals surface area (Å²) in [6.45, 7) is 0.870. The normalized spacial score (nSPS) is 17.7. The van der Waals surface area contributed by atoms with Crippen molar-refractivity contribution >= 4 is 5.91 Å². The fraction of sp³-hybridized carbons (Fsp3) is 0.500. The molecule has 1 aromatic rings. The van der Waals surface area contributed by atoms with Crippen LogP contribution in [0.1, 0.15) is 42.9 Å². The zero-order valence-corrected chi connectivity index (χ0v) is 10.4. The van der Waals surface area contributed by atoms with E-state index in [1.807, 2.05) is 6.07 Å². The van der Waals surface area contributed by atoms with Gasteiger partial charge in [0.1, 0.15) is 5.82 Å². The van der Waals surface area contributed by atoms with E-state index in [2.05, 4.69) is 5.32 Å². The van der Waals surface area contributed by atoms with E-state index in [-0.39, 0.29) is 11.7 Å². The maximum atomic E-state index is 13.1. The second kappa shape index (κ2) is 5.96. The first kappa shape index (κ1) is 13.0. The molecule has 1 amide bonds. The molecule has 0 bridgehead atoms. The number of carbonyl (C=O) groups is 1. The van der Waals surface area contributed by atoms with Gasteiger partial charge in [-0.05, 0) is 55.5 Å². The van der Waals surface area contributed by atoms with Crippen LogP contribution in [-0.2, 0) is 11.2 Å². The predicted molar refractivity (Wildman–Crippen MR) is 68.5 cm³/mol. The number of rotatable bonds is 6. The first-order chi connectivity index (χ1) is 8.66. The third kappa shape index (κ3) is 3.29. The zero-order chi connectivity index (χ0) is 13.0. The van der Waals surface area contributed by atoms with Crippen LogP contribution in [0.3, 0.4) is 0 Å². The van der Waals surface area contributed by atoms with Crippen molar-refractivity contribution in [2.75, 3.05) is 6.54 Å². The number of nitrogens with two attached hydrogens (primary N) is 1. The maximum absolute atomic E-state index is 13.1. The molecule has 0 aliphatic heterocycles. The largest absolute Gasteiger partial charge is 0.370 e. The van der Waals surface area contributed by atoms with Crippen LogP contribution in [0.25, 0.3) is 0 Å². The van der Waals surface area contributed by atoms with Gasteiger partial charge < -0.3 is 11.1 Å². The highest BCUT2D eigenvalue weighted by atomic mass is 19.1. The molecule has 2 rings (SSSR count). The van der Waals surface area contributed by atoms with Crippen molar-refractivity contribution in [2.24, 2.45) is 5.73 Å². The lowest BCUT2D eigenvalue weighted by Gasteiger charge is -2.13.